The fraction of sp³-hybridized carbons (Fsp3) is 0.533. The Bertz CT molecular complexity index is 331. The normalized spacial score (nSPS) is 10.3. The molecule has 0 spiro atoms. The van der Waals surface area contributed by atoms with E-state index in [1.807, 2.05) is 0 Å². The predicted octanol–water partition coefficient (Wildman–Crippen LogP) is 3.66. The van der Waals surface area contributed by atoms with Crippen molar-refractivity contribution in [1.82, 2.24) is 0 Å². The van der Waals surface area contributed by atoms with Gasteiger partial charge in [-0.3, -0.25) is 0 Å². The second-order valence-electron chi connectivity index (χ2n) is 4.40. The second-order valence-corrected chi connectivity index (χ2v) is 4.78. The van der Waals surface area contributed by atoms with Gasteiger partial charge in [0, 0.05) is 31.1 Å². The number of carbonyl (C=O) groups excluding carboxylic acids is 1. The van der Waals surface area contributed by atoms with Gasteiger partial charge >= 0.3 is 0 Å². The molecule has 0 radical (unpaired) electrons. The maximum absolute atomic E-state index is 10.3. The van der Waals surface area contributed by atoms with Crippen molar-refractivity contribution in [1.29, 1.82) is 0 Å². The van der Waals surface area contributed by atoms with Gasteiger partial charge in [-0.2, -0.15) is 0 Å². The van der Waals surface area contributed by atoms with E-state index in [-0.39, 0.29) is 0 Å². The summed E-state index contributed by atoms with van der Waals surface area (Å²) in [7, 11) is 0. The average molecular weight is 268 g/mol. The van der Waals surface area contributed by atoms with Gasteiger partial charge in [0.2, 0.25) is 0 Å². The van der Waals surface area contributed by atoms with Gasteiger partial charge in [-0.25, -0.2) is 0 Å². The summed E-state index contributed by atoms with van der Waals surface area (Å²) in [5, 5.41) is 0. The Morgan fingerprint density at radius 1 is 1.22 bits per heavy atom. The molecule has 0 N–H and O–H groups in total. The first kappa shape index (κ1) is 15.0. The lowest BCUT2D eigenvalue weighted by Gasteiger charge is -2.23. The number of hydrogen-bond donors (Lipinski definition) is 0. The Hall–Kier alpha value is -1.02. The molecular formula is C15H22ClNO. The quantitative estimate of drug-likeness (QED) is 0.387. The molecule has 0 aliphatic rings. The van der Waals surface area contributed by atoms with Crippen LogP contribution in [0.5, 0.6) is 0 Å². The smallest absolute Gasteiger partial charge is 0.120 e. The van der Waals surface area contributed by atoms with Gasteiger partial charge in [0.25, 0.3) is 0 Å². The van der Waals surface area contributed by atoms with Gasteiger partial charge in [0.05, 0.1) is 0 Å². The number of nitrogens with zero attached hydrogens (tertiary/aromatic N) is 1. The summed E-state index contributed by atoms with van der Waals surface area (Å²) < 4.78 is 0. The van der Waals surface area contributed by atoms with Crippen LogP contribution < -0.4 is 4.90 Å². The minimum atomic E-state index is 0.649. The summed E-state index contributed by atoms with van der Waals surface area (Å²) in [5.74, 6) is 0.654. The molecule has 100 valence electrons. The van der Waals surface area contributed by atoms with Crippen LogP contribution in [-0.2, 0) is 11.2 Å². The summed E-state index contributed by atoms with van der Waals surface area (Å²) >= 11 is 5.82. The van der Waals surface area contributed by atoms with E-state index in [0.29, 0.717) is 12.3 Å². The van der Waals surface area contributed by atoms with Gasteiger partial charge in [-0.15, -0.1) is 11.6 Å². The van der Waals surface area contributed by atoms with E-state index in [1.165, 1.54) is 11.3 Å². The molecule has 0 unspecified atom stereocenters. The van der Waals surface area contributed by atoms with Gasteiger partial charge in [-0.05, 0) is 37.0 Å². The summed E-state index contributed by atoms with van der Waals surface area (Å²) in [6.45, 7) is 4.10. The molecule has 0 aliphatic carbocycles. The van der Waals surface area contributed by atoms with E-state index in [2.05, 4.69) is 36.1 Å². The molecule has 0 aliphatic heterocycles. The molecule has 18 heavy (non-hydrogen) atoms. The van der Waals surface area contributed by atoms with Crippen LogP contribution in [0.1, 0.15) is 31.7 Å². The molecule has 0 aromatic heterocycles. The van der Waals surface area contributed by atoms with Crippen LogP contribution in [-0.4, -0.2) is 25.3 Å². The first-order valence-corrected chi connectivity index (χ1v) is 7.18. The van der Waals surface area contributed by atoms with E-state index in [1.54, 1.807) is 0 Å². The third-order valence-electron chi connectivity index (χ3n) is 2.94. The molecule has 0 saturated heterocycles. The zero-order chi connectivity index (χ0) is 13.2. The maximum atomic E-state index is 10.3. The van der Waals surface area contributed by atoms with Crippen molar-refractivity contribution in [3.05, 3.63) is 29.8 Å². The molecule has 0 heterocycles. The van der Waals surface area contributed by atoms with Crippen LogP contribution in [0.2, 0.25) is 0 Å². The highest BCUT2D eigenvalue weighted by atomic mass is 35.5. The molecular weight excluding hydrogens is 246 g/mol. The monoisotopic (exact) mass is 267 g/mol. The Morgan fingerprint density at radius 3 is 2.50 bits per heavy atom. The minimum absolute atomic E-state index is 0.649. The lowest BCUT2D eigenvalue weighted by Crippen LogP contribution is -2.26. The third kappa shape index (κ3) is 5.09. The number of aryl methyl sites for hydroxylation is 1. The summed E-state index contributed by atoms with van der Waals surface area (Å²) in [5.41, 5.74) is 2.53. The van der Waals surface area contributed by atoms with Crippen molar-refractivity contribution in [2.45, 2.75) is 32.6 Å². The number of alkyl halides is 1. The number of carbonyl (C=O) groups is 1. The van der Waals surface area contributed by atoms with Gasteiger partial charge in [0.15, 0.2) is 0 Å². The van der Waals surface area contributed by atoms with E-state index in [4.69, 9.17) is 11.6 Å². The highest BCUT2D eigenvalue weighted by Gasteiger charge is 2.04. The number of unbranched alkanes of at least 4 members (excludes halogenated alkanes) is 1. The zero-order valence-electron chi connectivity index (χ0n) is 11.1. The number of benzene rings is 1. The van der Waals surface area contributed by atoms with Crippen molar-refractivity contribution < 1.29 is 4.79 Å². The molecule has 0 atom stereocenters. The van der Waals surface area contributed by atoms with Crippen molar-refractivity contribution >= 4 is 23.6 Å². The summed E-state index contributed by atoms with van der Waals surface area (Å²) in [4.78, 5) is 12.6. The molecule has 0 bridgehead atoms. The SMILES string of the molecule is CCCN(CCCl)c1ccc(CCCC=O)cc1. The lowest BCUT2D eigenvalue weighted by molar-refractivity contribution is -0.107. The van der Waals surface area contributed by atoms with Crippen LogP contribution in [0.4, 0.5) is 5.69 Å². The Balaban J connectivity index is 2.58. The van der Waals surface area contributed by atoms with Crippen LogP contribution in [0.15, 0.2) is 24.3 Å². The summed E-state index contributed by atoms with van der Waals surface area (Å²) in [6.07, 6.45) is 4.66. The Labute approximate surface area is 115 Å². The second kappa shape index (κ2) is 8.98. The van der Waals surface area contributed by atoms with Gasteiger partial charge < -0.3 is 9.69 Å². The minimum Gasteiger partial charge on any atom is -0.370 e. The highest BCUT2D eigenvalue weighted by Crippen LogP contribution is 2.16. The molecule has 0 amide bonds. The molecule has 1 aromatic rings. The molecule has 1 rings (SSSR count). The van der Waals surface area contributed by atoms with E-state index >= 15 is 0 Å². The molecule has 0 saturated carbocycles. The Kier molecular flexibility index (Phi) is 7.51. The fourth-order valence-electron chi connectivity index (χ4n) is 2.00. The number of halogens is 1. The third-order valence-corrected chi connectivity index (χ3v) is 3.11. The van der Waals surface area contributed by atoms with Gasteiger partial charge in [0.1, 0.15) is 6.29 Å². The van der Waals surface area contributed by atoms with Crippen molar-refractivity contribution in [3.8, 4) is 0 Å². The number of hydrogen-bond acceptors (Lipinski definition) is 2. The summed E-state index contributed by atoms with van der Waals surface area (Å²) in [6, 6.07) is 8.60. The lowest BCUT2D eigenvalue weighted by atomic mass is 10.1. The van der Waals surface area contributed by atoms with Crippen molar-refractivity contribution in [3.63, 3.8) is 0 Å². The molecule has 0 fully saturated rings. The first-order chi connectivity index (χ1) is 8.81. The average Bonchev–Trinajstić information content (AvgIpc) is 2.40. The number of rotatable bonds is 9. The maximum Gasteiger partial charge on any atom is 0.120 e. The Morgan fingerprint density at radius 2 is 1.94 bits per heavy atom. The van der Waals surface area contributed by atoms with Crippen LogP contribution in [0.25, 0.3) is 0 Å². The van der Waals surface area contributed by atoms with Crippen LogP contribution >= 0.6 is 11.6 Å². The van der Waals surface area contributed by atoms with E-state index < -0.39 is 0 Å². The topological polar surface area (TPSA) is 20.3 Å². The van der Waals surface area contributed by atoms with Crippen molar-refractivity contribution in [2.75, 3.05) is 23.9 Å². The molecule has 1 aromatic carbocycles. The van der Waals surface area contributed by atoms with Crippen LogP contribution in [0.3, 0.4) is 0 Å². The zero-order valence-corrected chi connectivity index (χ0v) is 11.8. The molecule has 3 heteroatoms. The van der Waals surface area contributed by atoms with E-state index in [9.17, 15) is 4.79 Å². The standard InChI is InChI=1S/C15H22ClNO/c1-2-11-17(12-10-16)15-8-6-14(7-9-15)5-3-4-13-18/h6-9,13H,2-5,10-12H2,1H3. The largest absolute Gasteiger partial charge is 0.370 e. The fourth-order valence-corrected chi connectivity index (χ4v) is 2.21. The number of anilines is 1. The first-order valence-electron chi connectivity index (χ1n) is 6.65. The van der Waals surface area contributed by atoms with E-state index in [0.717, 1.165) is 38.6 Å². The predicted molar refractivity (Wildman–Crippen MR) is 78.7 cm³/mol. The van der Waals surface area contributed by atoms with Gasteiger partial charge in [-0.1, -0.05) is 19.1 Å². The van der Waals surface area contributed by atoms with Crippen LogP contribution in [0, 0.1) is 0 Å². The number of aldehydes is 1. The van der Waals surface area contributed by atoms with Crippen molar-refractivity contribution in [2.24, 2.45) is 0 Å². The molecule has 2 nitrogen and oxygen atoms in total. The highest BCUT2D eigenvalue weighted by molar-refractivity contribution is 6.18.